The Morgan fingerprint density at radius 2 is 2.28 bits per heavy atom. The second kappa shape index (κ2) is 4.66. The Morgan fingerprint density at radius 3 is 2.89 bits per heavy atom. The van der Waals surface area contributed by atoms with E-state index in [-0.39, 0.29) is 17.5 Å². The van der Waals surface area contributed by atoms with Crippen LogP contribution in [0, 0.1) is 24.1 Å². The molecule has 2 aromatic rings. The van der Waals surface area contributed by atoms with Crippen LogP contribution < -0.4 is 0 Å². The lowest BCUT2D eigenvalue weighted by Gasteiger charge is -2.05. The van der Waals surface area contributed by atoms with Crippen molar-refractivity contribution in [1.82, 2.24) is 4.98 Å². The number of carbonyl (C=O) groups excluding carboxylic acids is 1. The topological polar surface area (TPSA) is 32.9 Å². The van der Waals surface area contributed by atoms with E-state index in [2.05, 4.69) is 10.9 Å². The van der Waals surface area contributed by atoms with Gasteiger partial charge >= 0.3 is 0 Å². The van der Waals surface area contributed by atoms with Gasteiger partial charge in [-0.2, -0.15) is 0 Å². The van der Waals surface area contributed by atoms with Gasteiger partial charge in [-0.05, 0) is 24.6 Å². The summed E-state index contributed by atoms with van der Waals surface area (Å²) in [6.45, 7) is 3.80. The van der Waals surface area contributed by atoms with E-state index >= 15 is 0 Å². The summed E-state index contributed by atoms with van der Waals surface area (Å²) < 4.78 is 13.2. The molecule has 0 fully saturated rings. The zero-order valence-electron chi connectivity index (χ0n) is 10.4. The largest absolute Gasteiger partial charge is 0.351 e. The Bertz CT molecular complexity index is 648. The average molecular weight is 243 g/mol. The van der Waals surface area contributed by atoms with Crippen LogP contribution in [0.15, 0.2) is 18.2 Å². The van der Waals surface area contributed by atoms with Crippen molar-refractivity contribution in [3.05, 3.63) is 35.3 Å². The SMILES string of the molecule is C#Cc1c(C(=O)C(C)CC)[nH]c2ccc(F)cc12. The molecule has 0 radical (unpaired) electrons. The third-order valence-corrected chi connectivity index (χ3v) is 3.21. The minimum Gasteiger partial charge on any atom is -0.351 e. The Hall–Kier alpha value is -2.08. The van der Waals surface area contributed by atoms with Crippen LogP contribution in [0.4, 0.5) is 4.39 Å². The first-order valence-corrected chi connectivity index (χ1v) is 5.90. The number of carbonyl (C=O) groups is 1. The van der Waals surface area contributed by atoms with Crippen molar-refractivity contribution >= 4 is 16.7 Å². The molecule has 0 aliphatic rings. The van der Waals surface area contributed by atoms with Gasteiger partial charge in [-0.25, -0.2) is 4.39 Å². The van der Waals surface area contributed by atoms with Crippen molar-refractivity contribution in [2.45, 2.75) is 20.3 Å². The number of H-pyrrole nitrogens is 1. The smallest absolute Gasteiger partial charge is 0.183 e. The monoisotopic (exact) mass is 243 g/mol. The number of rotatable bonds is 3. The first-order valence-electron chi connectivity index (χ1n) is 5.90. The maximum Gasteiger partial charge on any atom is 0.183 e. The molecule has 1 aromatic carbocycles. The van der Waals surface area contributed by atoms with Crippen molar-refractivity contribution in [2.24, 2.45) is 5.92 Å². The number of nitrogens with one attached hydrogen (secondary N) is 1. The van der Waals surface area contributed by atoms with Gasteiger partial charge in [-0.3, -0.25) is 4.79 Å². The van der Waals surface area contributed by atoms with Crippen molar-refractivity contribution in [1.29, 1.82) is 0 Å². The Morgan fingerprint density at radius 1 is 1.56 bits per heavy atom. The first kappa shape index (κ1) is 12.4. The Balaban J connectivity index is 2.66. The highest BCUT2D eigenvalue weighted by atomic mass is 19.1. The predicted octanol–water partition coefficient (Wildman–Crippen LogP) is 3.52. The van der Waals surface area contributed by atoms with Crippen LogP contribution in [0.25, 0.3) is 10.9 Å². The minimum absolute atomic E-state index is 0.0259. The van der Waals surface area contributed by atoms with Gasteiger partial charge in [-0.15, -0.1) is 6.42 Å². The molecule has 0 amide bonds. The molecular weight excluding hydrogens is 229 g/mol. The molecule has 0 saturated heterocycles. The molecule has 1 aromatic heterocycles. The summed E-state index contributed by atoms with van der Waals surface area (Å²) in [6, 6.07) is 4.30. The van der Waals surface area contributed by atoms with Crippen LogP contribution in [-0.2, 0) is 0 Å². The number of Topliss-reactive ketones (excluding diaryl/α,β-unsaturated/α-hetero) is 1. The zero-order chi connectivity index (χ0) is 13.3. The molecule has 3 heteroatoms. The van der Waals surface area contributed by atoms with E-state index in [4.69, 9.17) is 6.42 Å². The molecule has 0 saturated carbocycles. The molecule has 0 spiro atoms. The highest BCUT2D eigenvalue weighted by molar-refractivity contribution is 6.04. The Kier molecular flexibility index (Phi) is 3.20. The number of ketones is 1. The fourth-order valence-electron chi connectivity index (χ4n) is 1.93. The molecule has 2 rings (SSSR count). The average Bonchev–Trinajstić information content (AvgIpc) is 2.74. The van der Waals surface area contributed by atoms with Gasteiger partial charge in [0.15, 0.2) is 5.78 Å². The number of benzene rings is 1. The Labute approximate surface area is 105 Å². The second-order valence-electron chi connectivity index (χ2n) is 4.38. The highest BCUT2D eigenvalue weighted by Gasteiger charge is 2.20. The van der Waals surface area contributed by atoms with Gasteiger partial charge in [0.1, 0.15) is 5.82 Å². The summed E-state index contributed by atoms with van der Waals surface area (Å²) in [5.41, 5.74) is 1.55. The van der Waals surface area contributed by atoms with E-state index in [1.807, 2.05) is 13.8 Å². The number of aromatic amines is 1. The van der Waals surface area contributed by atoms with Crippen LogP contribution in [0.5, 0.6) is 0 Å². The van der Waals surface area contributed by atoms with Crippen molar-refractivity contribution in [3.63, 3.8) is 0 Å². The molecule has 1 N–H and O–H groups in total. The van der Waals surface area contributed by atoms with E-state index in [0.717, 1.165) is 6.42 Å². The van der Waals surface area contributed by atoms with Crippen LogP contribution in [0.1, 0.15) is 36.3 Å². The lowest BCUT2D eigenvalue weighted by Crippen LogP contribution is -2.11. The number of fused-ring (bicyclic) bond motifs is 1. The van der Waals surface area contributed by atoms with Crippen LogP contribution in [0.2, 0.25) is 0 Å². The molecule has 2 nitrogen and oxygen atoms in total. The third-order valence-electron chi connectivity index (χ3n) is 3.21. The minimum atomic E-state index is -0.361. The van der Waals surface area contributed by atoms with Gasteiger partial charge in [0.2, 0.25) is 0 Å². The van der Waals surface area contributed by atoms with Gasteiger partial charge in [0.25, 0.3) is 0 Å². The quantitative estimate of drug-likeness (QED) is 0.649. The van der Waals surface area contributed by atoms with E-state index in [1.54, 1.807) is 6.07 Å². The summed E-state index contributed by atoms with van der Waals surface area (Å²) in [5.74, 6) is 2.00. The number of hydrogen-bond acceptors (Lipinski definition) is 1. The zero-order valence-corrected chi connectivity index (χ0v) is 10.4. The van der Waals surface area contributed by atoms with Crippen LogP contribution in [-0.4, -0.2) is 10.8 Å². The van der Waals surface area contributed by atoms with E-state index < -0.39 is 0 Å². The van der Waals surface area contributed by atoms with Gasteiger partial charge in [-0.1, -0.05) is 19.8 Å². The molecule has 18 heavy (non-hydrogen) atoms. The summed E-state index contributed by atoms with van der Waals surface area (Å²) in [4.78, 5) is 15.2. The second-order valence-corrected chi connectivity index (χ2v) is 4.38. The lowest BCUT2D eigenvalue weighted by molar-refractivity contribution is 0.0923. The summed E-state index contributed by atoms with van der Waals surface area (Å²) in [7, 11) is 0. The highest BCUT2D eigenvalue weighted by Crippen LogP contribution is 2.25. The molecule has 1 atom stereocenters. The maximum absolute atomic E-state index is 13.2. The first-order chi connectivity index (χ1) is 8.58. The molecule has 1 heterocycles. The fourth-order valence-corrected chi connectivity index (χ4v) is 1.93. The van der Waals surface area contributed by atoms with Crippen LogP contribution >= 0.6 is 0 Å². The normalized spacial score (nSPS) is 12.3. The van der Waals surface area contributed by atoms with Gasteiger partial charge < -0.3 is 4.98 Å². The molecule has 1 unspecified atom stereocenters. The molecule has 92 valence electrons. The summed E-state index contributed by atoms with van der Waals surface area (Å²) in [5, 5.41) is 0.587. The van der Waals surface area contributed by atoms with E-state index in [0.29, 0.717) is 22.2 Å². The number of aromatic nitrogens is 1. The number of terminal acetylenes is 1. The number of hydrogen-bond donors (Lipinski definition) is 1. The molecular formula is C15H14FNO. The lowest BCUT2D eigenvalue weighted by atomic mass is 9.98. The van der Waals surface area contributed by atoms with Crippen molar-refractivity contribution < 1.29 is 9.18 Å². The van der Waals surface area contributed by atoms with Gasteiger partial charge in [0, 0.05) is 16.8 Å². The molecule has 0 bridgehead atoms. The van der Waals surface area contributed by atoms with E-state index in [1.165, 1.54) is 12.1 Å². The van der Waals surface area contributed by atoms with Crippen LogP contribution in [0.3, 0.4) is 0 Å². The predicted molar refractivity (Wildman–Crippen MR) is 70.0 cm³/mol. The molecule has 0 aliphatic carbocycles. The van der Waals surface area contributed by atoms with E-state index in [9.17, 15) is 9.18 Å². The fraction of sp³-hybridized carbons (Fsp3) is 0.267. The molecule has 0 aliphatic heterocycles. The maximum atomic E-state index is 13.2. The summed E-state index contributed by atoms with van der Waals surface area (Å²) >= 11 is 0. The van der Waals surface area contributed by atoms with Crippen molar-refractivity contribution in [3.8, 4) is 12.3 Å². The van der Waals surface area contributed by atoms with Gasteiger partial charge in [0.05, 0.1) is 11.3 Å². The third kappa shape index (κ3) is 1.91. The standard InChI is InChI=1S/C15H14FNO/c1-4-9(3)15(18)14-11(5-2)12-8-10(16)6-7-13(12)17-14/h2,6-9,17H,4H2,1,3H3. The van der Waals surface area contributed by atoms with Crippen molar-refractivity contribution in [2.75, 3.05) is 0 Å². The number of halogens is 1. The summed E-state index contributed by atoms with van der Waals surface area (Å²) in [6.07, 6.45) is 6.19.